The molecule has 0 saturated carbocycles. The van der Waals surface area contributed by atoms with E-state index in [0.717, 1.165) is 51.4 Å². The summed E-state index contributed by atoms with van der Waals surface area (Å²) in [6.45, 7) is 7.98. The number of amides is 2. The molecule has 1 aromatic heterocycles. The standard InChI is InChI=1S/C15H26N6O/c1-2-20-6-3-12(10-20)9-16-15(22)21-7-4-13(5-8-21)14-17-11-18-19-14/h11-13H,2-10H2,1H3,(H,16,22)(H,17,18,19). The van der Waals surface area contributed by atoms with E-state index in [9.17, 15) is 4.79 Å². The van der Waals surface area contributed by atoms with Crippen LogP contribution < -0.4 is 5.32 Å². The van der Waals surface area contributed by atoms with Gasteiger partial charge in [-0.2, -0.15) is 5.10 Å². The molecule has 0 spiro atoms. The Morgan fingerprint density at radius 2 is 2.18 bits per heavy atom. The second-order valence-corrected chi connectivity index (χ2v) is 6.37. The monoisotopic (exact) mass is 306 g/mol. The van der Waals surface area contributed by atoms with Crippen molar-refractivity contribution >= 4 is 6.03 Å². The molecule has 1 aromatic rings. The van der Waals surface area contributed by atoms with Gasteiger partial charge in [0.15, 0.2) is 0 Å². The topological polar surface area (TPSA) is 77.2 Å². The minimum absolute atomic E-state index is 0.0889. The van der Waals surface area contributed by atoms with E-state index in [1.807, 2.05) is 4.90 Å². The summed E-state index contributed by atoms with van der Waals surface area (Å²) in [4.78, 5) is 20.9. The molecule has 0 aromatic carbocycles. The summed E-state index contributed by atoms with van der Waals surface area (Å²) < 4.78 is 0. The van der Waals surface area contributed by atoms with E-state index in [0.29, 0.717) is 11.8 Å². The molecule has 0 aliphatic carbocycles. The molecule has 7 heteroatoms. The highest BCUT2D eigenvalue weighted by atomic mass is 16.2. The summed E-state index contributed by atoms with van der Waals surface area (Å²) in [5, 5.41) is 9.96. The van der Waals surface area contributed by atoms with Crippen LogP contribution in [0.2, 0.25) is 0 Å². The van der Waals surface area contributed by atoms with Gasteiger partial charge in [0, 0.05) is 32.1 Å². The van der Waals surface area contributed by atoms with Crippen LogP contribution in [-0.2, 0) is 0 Å². The molecule has 1 atom stereocenters. The highest BCUT2D eigenvalue weighted by Gasteiger charge is 2.26. The molecule has 2 fully saturated rings. The number of hydrogen-bond acceptors (Lipinski definition) is 4. The Balaban J connectivity index is 1.39. The highest BCUT2D eigenvalue weighted by Crippen LogP contribution is 2.25. The van der Waals surface area contributed by atoms with Gasteiger partial charge in [-0.05, 0) is 38.3 Å². The van der Waals surface area contributed by atoms with Crippen molar-refractivity contribution in [3.05, 3.63) is 12.2 Å². The number of likely N-dealkylation sites (tertiary alicyclic amines) is 2. The predicted molar refractivity (Wildman–Crippen MR) is 83.6 cm³/mol. The molecule has 3 rings (SSSR count). The predicted octanol–water partition coefficient (Wildman–Crippen LogP) is 1.04. The quantitative estimate of drug-likeness (QED) is 0.871. The van der Waals surface area contributed by atoms with Crippen LogP contribution in [0.1, 0.15) is 37.9 Å². The summed E-state index contributed by atoms with van der Waals surface area (Å²) in [6, 6.07) is 0.0889. The Morgan fingerprint density at radius 1 is 1.36 bits per heavy atom. The van der Waals surface area contributed by atoms with Crippen molar-refractivity contribution in [1.29, 1.82) is 0 Å². The van der Waals surface area contributed by atoms with Gasteiger partial charge in [-0.3, -0.25) is 5.10 Å². The average molecular weight is 306 g/mol. The van der Waals surface area contributed by atoms with Gasteiger partial charge in [-0.15, -0.1) is 0 Å². The molecule has 2 N–H and O–H groups in total. The fraction of sp³-hybridized carbons (Fsp3) is 0.800. The number of H-pyrrole nitrogens is 1. The van der Waals surface area contributed by atoms with Crippen molar-refractivity contribution in [2.24, 2.45) is 5.92 Å². The lowest BCUT2D eigenvalue weighted by Gasteiger charge is -2.31. The third-order valence-corrected chi connectivity index (χ3v) is 4.96. The van der Waals surface area contributed by atoms with E-state index in [1.54, 1.807) is 6.33 Å². The third-order valence-electron chi connectivity index (χ3n) is 4.96. The van der Waals surface area contributed by atoms with Crippen molar-refractivity contribution in [1.82, 2.24) is 30.3 Å². The second-order valence-electron chi connectivity index (χ2n) is 6.37. The number of urea groups is 1. The number of aromatic nitrogens is 3. The third kappa shape index (κ3) is 3.58. The summed E-state index contributed by atoms with van der Waals surface area (Å²) >= 11 is 0. The fourth-order valence-corrected chi connectivity index (χ4v) is 3.48. The normalized spacial score (nSPS) is 23.9. The second kappa shape index (κ2) is 7.09. The number of nitrogens with one attached hydrogen (secondary N) is 2. The van der Waals surface area contributed by atoms with Crippen molar-refractivity contribution < 1.29 is 4.79 Å². The zero-order valence-electron chi connectivity index (χ0n) is 13.3. The average Bonchev–Trinajstić information content (AvgIpc) is 3.24. The molecule has 2 aliphatic heterocycles. The van der Waals surface area contributed by atoms with E-state index in [4.69, 9.17) is 0 Å². The fourth-order valence-electron chi connectivity index (χ4n) is 3.48. The maximum atomic E-state index is 12.3. The summed E-state index contributed by atoms with van der Waals surface area (Å²) in [5.41, 5.74) is 0. The molecular formula is C15H26N6O. The zero-order chi connectivity index (χ0) is 15.4. The minimum atomic E-state index is 0.0889. The Kier molecular flexibility index (Phi) is 4.92. The molecular weight excluding hydrogens is 280 g/mol. The van der Waals surface area contributed by atoms with Crippen LogP contribution in [0.4, 0.5) is 4.79 Å². The summed E-state index contributed by atoms with van der Waals surface area (Å²) in [6.07, 6.45) is 4.66. The van der Waals surface area contributed by atoms with Crippen LogP contribution in [0.15, 0.2) is 6.33 Å². The molecule has 2 aliphatic rings. The summed E-state index contributed by atoms with van der Waals surface area (Å²) in [5.74, 6) is 1.96. The lowest BCUT2D eigenvalue weighted by molar-refractivity contribution is 0.178. The highest BCUT2D eigenvalue weighted by molar-refractivity contribution is 5.74. The SMILES string of the molecule is CCN1CCC(CNC(=O)N2CCC(c3ncn[nH]3)CC2)C1. The molecule has 2 saturated heterocycles. The molecule has 7 nitrogen and oxygen atoms in total. The smallest absolute Gasteiger partial charge is 0.317 e. The molecule has 1 unspecified atom stereocenters. The Hall–Kier alpha value is -1.63. The van der Waals surface area contributed by atoms with Crippen LogP contribution >= 0.6 is 0 Å². The molecule has 0 bridgehead atoms. The van der Waals surface area contributed by atoms with Crippen LogP contribution in [0, 0.1) is 5.92 Å². The maximum absolute atomic E-state index is 12.3. The lowest BCUT2D eigenvalue weighted by atomic mass is 9.96. The van der Waals surface area contributed by atoms with Crippen LogP contribution in [0.25, 0.3) is 0 Å². The van der Waals surface area contributed by atoms with Crippen molar-refractivity contribution in [3.63, 3.8) is 0 Å². The summed E-state index contributed by atoms with van der Waals surface area (Å²) in [7, 11) is 0. The number of carbonyl (C=O) groups excluding carboxylic acids is 1. The van der Waals surface area contributed by atoms with E-state index in [-0.39, 0.29) is 6.03 Å². The first kappa shape index (κ1) is 15.3. The number of hydrogen-bond donors (Lipinski definition) is 2. The number of aromatic amines is 1. The van der Waals surface area contributed by atoms with Gasteiger partial charge in [0.05, 0.1) is 0 Å². The van der Waals surface area contributed by atoms with Gasteiger partial charge in [0.25, 0.3) is 0 Å². The zero-order valence-corrected chi connectivity index (χ0v) is 13.3. The van der Waals surface area contributed by atoms with E-state index in [1.165, 1.54) is 13.0 Å². The van der Waals surface area contributed by atoms with Gasteiger partial charge in [0.2, 0.25) is 0 Å². The largest absolute Gasteiger partial charge is 0.338 e. The number of nitrogens with zero attached hydrogens (tertiary/aromatic N) is 4. The molecule has 122 valence electrons. The van der Waals surface area contributed by atoms with E-state index >= 15 is 0 Å². The lowest BCUT2D eigenvalue weighted by Crippen LogP contribution is -2.45. The first-order valence-electron chi connectivity index (χ1n) is 8.36. The Labute approximate surface area is 131 Å². The van der Waals surface area contributed by atoms with E-state index < -0.39 is 0 Å². The van der Waals surface area contributed by atoms with Crippen LogP contribution in [0.5, 0.6) is 0 Å². The number of rotatable bonds is 4. The minimum Gasteiger partial charge on any atom is -0.338 e. The van der Waals surface area contributed by atoms with Crippen molar-refractivity contribution in [3.8, 4) is 0 Å². The van der Waals surface area contributed by atoms with E-state index in [2.05, 4.69) is 32.3 Å². The van der Waals surface area contributed by atoms with Crippen molar-refractivity contribution in [2.45, 2.75) is 32.1 Å². The molecule has 3 heterocycles. The first-order chi connectivity index (χ1) is 10.8. The number of piperidine rings is 1. The molecule has 2 amide bonds. The molecule has 0 radical (unpaired) electrons. The number of carbonyl (C=O) groups is 1. The van der Waals surface area contributed by atoms with Gasteiger partial charge in [0.1, 0.15) is 12.2 Å². The first-order valence-corrected chi connectivity index (χ1v) is 8.36. The van der Waals surface area contributed by atoms with Crippen LogP contribution in [-0.4, -0.2) is 70.3 Å². The van der Waals surface area contributed by atoms with Gasteiger partial charge in [-0.25, -0.2) is 9.78 Å². The Morgan fingerprint density at radius 3 is 2.82 bits per heavy atom. The van der Waals surface area contributed by atoms with Gasteiger partial charge < -0.3 is 15.1 Å². The van der Waals surface area contributed by atoms with Crippen molar-refractivity contribution in [2.75, 3.05) is 39.3 Å². The van der Waals surface area contributed by atoms with Crippen LogP contribution in [0.3, 0.4) is 0 Å². The molecule has 22 heavy (non-hydrogen) atoms. The maximum Gasteiger partial charge on any atom is 0.317 e. The Bertz CT molecular complexity index is 468. The van der Waals surface area contributed by atoms with Gasteiger partial charge >= 0.3 is 6.03 Å². The van der Waals surface area contributed by atoms with Gasteiger partial charge in [-0.1, -0.05) is 6.92 Å².